The van der Waals surface area contributed by atoms with E-state index in [2.05, 4.69) is 24.2 Å². The summed E-state index contributed by atoms with van der Waals surface area (Å²) in [6.45, 7) is 3.22. The third-order valence-corrected chi connectivity index (χ3v) is 3.82. The molecular formula is C14H21N3S. The first-order chi connectivity index (χ1) is 8.58. The lowest BCUT2D eigenvalue weighted by Gasteiger charge is -2.25. The van der Waals surface area contributed by atoms with Crippen molar-refractivity contribution in [1.29, 1.82) is 0 Å². The van der Waals surface area contributed by atoms with Crippen LogP contribution in [-0.4, -0.2) is 35.6 Å². The topological polar surface area (TPSA) is 41.3 Å². The number of hydrogen-bond acceptors (Lipinski definition) is 3. The molecule has 98 valence electrons. The maximum Gasteiger partial charge on any atom is 0.103 e. The van der Waals surface area contributed by atoms with Crippen molar-refractivity contribution in [2.45, 2.75) is 31.8 Å². The van der Waals surface area contributed by atoms with Crippen LogP contribution in [0.15, 0.2) is 24.3 Å². The van der Waals surface area contributed by atoms with Gasteiger partial charge in [-0.2, -0.15) is 0 Å². The highest BCUT2D eigenvalue weighted by Gasteiger charge is 2.28. The summed E-state index contributed by atoms with van der Waals surface area (Å²) in [5, 5.41) is 3.45. The van der Waals surface area contributed by atoms with E-state index in [-0.39, 0.29) is 0 Å². The van der Waals surface area contributed by atoms with Gasteiger partial charge >= 0.3 is 0 Å². The van der Waals surface area contributed by atoms with Crippen molar-refractivity contribution in [3.63, 3.8) is 0 Å². The number of thiocarbonyl (C=S) groups is 1. The van der Waals surface area contributed by atoms with Gasteiger partial charge in [0.05, 0.1) is 0 Å². The Morgan fingerprint density at radius 2 is 2.06 bits per heavy atom. The number of likely N-dealkylation sites (N-methyl/N-ethyl adjacent to an activating group) is 1. The van der Waals surface area contributed by atoms with Crippen LogP contribution in [0, 0.1) is 0 Å². The second-order valence-electron chi connectivity index (χ2n) is 5.07. The van der Waals surface area contributed by atoms with E-state index in [9.17, 15) is 0 Å². The summed E-state index contributed by atoms with van der Waals surface area (Å²) >= 11 is 4.93. The number of nitrogens with zero attached hydrogens (tertiary/aromatic N) is 1. The van der Waals surface area contributed by atoms with E-state index < -0.39 is 0 Å². The number of nitrogens with two attached hydrogens (primary N) is 1. The first kappa shape index (κ1) is 13.3. The van der Waals surface area contributed by atoms with Gasteiger partial charge < -0.3 is 11.1 Å². The molecule has 3 N–H and O–H groups in total. The molecule has 1 fully saturated rings. The van der Waals surface area contributed by atoms with Crippen LogP contribution in [0.25, 0.3) is 0 Å². The number of hydrogen-bond donors (Lipinski definition) is 2. The van der Waals surface area contributed by atoms with Gasteiger partial charge in [-0.25, -0.2) is 0 Å². The normalized spacial score (nSPS) is 16.6. The van der Waals surface area contributed by atoms with E-state index in [1.54, 1.807) is 0 Å². The van der Waals surface area contributed by atoms with Crippen molar-refractivity contribution in [1.82, 2.24) is 4.90 Å². The van der Waals surface area contributed by atoms with Gasteiger partial charge in [0.1, 0.15) is 4.99 Å². The van der Waals surface area contributed by atoms with Crippen LogP contribution in [0.3, 0.4) is 0 Å². The molecule has 0 radical (unpaired) electrons. The largest absolute Gasteiger partial charge is 0.389 e. The average molecular weight is 263 g/mol. The van der Waals surface area contributed by atoms with Crippen LogP contribution in [0.5, 0.6) is 0 Å². The van der Waals surface area contributed by atoms with Crippen molar-refractivity contribution in [2.24, 2.45) is 5.73 Å². The standard InChI is InChI=1S/C14H21N3S/c1-10(17(2)13-7-8-13)9-16-12-5-3-11(4-6-12)14(15)18/h3-6,10,13,16H,7-9H2,1-2H3,(H2,15,18). The van der Waals surface area contributed by atoms with Crippen LogP contribution in [0.1, 0.15) is 25.3 Å². The summed E-state index contributed by atoms with van der Waals surface area (Å²) in [4.78, 5) is 2.90. The zero-order valence-electron chi connectivity index (χ0n) is 11.0. The zero-order valence-corrected chi connectivity index (χ0v) is 11.8. The SMILES string of the molecule is CC(CNc1ccc(C(N)=S)cc1)N(C)C1CC1. The van der Waals surface area contributed by atoms with E-state index in [1.165, 1.54) is 12.8 Å². The third kappa shape index (κ3) is 3.43. The summed E-state index contributed by atoms with van der Waals surface area (Å²) in [5.41, 5.74) is 7.60. The van der Waals surface area contributed by atoms with Crippen LogP contribution >= 0.6 is 12.2 Å². The highest BCUT2D eigenvalue weighted by Crippen LogP contribution is 2.26. The predicted molar refractivity (Wildman–Crippen MR) is 81.1 cm³/mol. The van der Waals surface area contributed by atoms with E-state index >= 15 is 0 Å². The van der Waals surface area contributed by atoms with Gasteiger partial charge in [0.15, 0.2) is 0 Å². The third-order valence-electron chi connectivity index (χ3n) is 3.59. The minimum Gasteiger partial charge on any atom is -0.389 e. The fraction of sp³-hybridized carbons (Fsp3) is 0.500. The van der Waals surface area contributed by atoms with Gasteiger partial charge in [-0.05, 0) is 51.1 Å². The molecule has 4 heteroatoms. The minimum absolute atomic E-state index is 0.448. The van der Waals surface area contributed by atoms with Crippen LogP contribution in [0.4, 0.5) is 5.69 Å². The highest BCUT2D eigenvalue weighted by atomic mass is 32.1. The Balaban J connectivity index is 1.83. The molecule has 1 aliphatic carbocycles. The van der Waals surface area contributed by atoms with Crippen LogP contribution < -0.4 is 11.1 Å². The van der Waals surface area contributed by atoms with E-state index in [4.69, 9.17) is 18.0 Å². The molecule has 0 aliphatic heterocycles. The monoisotopic (exact) mass is 263 g/mol. The Morgan fingerprint density at radius 1 is 1.44 bits per heavy atom. The quantitative estimate of drug-likeness (QED) is 0.772. The fourth-order valence-electron chi connectivity index (χ4n) is 2.00. The van der Waals surface area contributed by atoms with Gasteiger partial charge in [0, 0.05) is 29.9 Å². The molecule has 18 heavy (non-hydrogen) atoms. The lowest BCUT2D eigenvalue weighted by Crippen LogP contribution is -2.36. The van der Waals surface area contributed by atoms with E-state index in [0.29, 0.717) is 11.0 Å². The average Bonchev–Trinajstić information content (AvgIpc) is 3.19. The molecule has 0 aromatic heterocycles. The van der Waals surface area contributed by atoms with Crippen molar-refractivity contribution >= 4 is 22.9 Å². The van der Waals surface area contributed by atoms with Crippen molar-refractivity contribution in [3.8, 4) is 0 Å². The van der Waals surface area contributed by atoms with Crippen molar-refractivity contribution in [2.75, 3.05) is 18.9 Å². The molecule has 3 nitrogen and oxygen atoms in total. The zero-order chi connectivity index (χ0) is 13.1. The summed E-state index contributed by atoms with van der Waals surface area (Å²) in [6.07, 6.45) is 2.70. The van der Waals surface area contributed by atoms with Crippen molar-refractivity contribution in [3.05, 3.63) is 29.8 Å². The van der Waals surface area contributed by atoms with Crippen molar-refractivity contribution < 1.29 is 0 Å². The molecule has 0 spiro atoms. The number of rotatable bonds is 6. The predicted octanol–water partition coefficient (Wildman–Crippen LogP) is 2.22. The Labute approximate surface area is 114 Å². The molecule has 0 saturated heterocycles. The molecule has 1 atom stereocenters. The molecule has 1 saturated carbocycles. The second kappa shape index (κ2) is 5.67. The number of benzene rings is 1. The second-order valence-corrected chi connectivity index (χ2v) is 5.51. The molecule has 0 amide bonds. The lowest BCUT2D eigenvalue weighted by molar-refractivity contribution is 0.257. The minimum atomic E-state index is 0.448. The highest BCUT2D eigenvalue weighted by molar-refractivity contribution is 7.80. The Hall–Kier alpha value is -1.13. The maximum absolute atomic E-state index is 5.57. The maximum atomic E-state index is 5.57. The molecule has 1 unspecified atom stereocenters. The van der Waals surface area contributed by atoms with E-state index in [1.807, 2.05) is 24.3 Å². The first-order valence-electron chi connectivity index (χ1n) is 6.43. The lowest BCUT2D eigenvalue weighted by atomic mass is 10.2. The molecule has 1 aromatic rings. The van der Waals surface area contributed by atoms with Crippen LogP contribution in [0.2, 0.25) is 0 Å². The Bertz CT molecular complexity index is 412. The molecular weight excluding hydrogens is 242 g/mol. The van der Waals surface area contributed by atoms with Gasteiger partial charge in [-0.1, -0.05) is 12.2 Å². The van der Waals surface area contributed by atoms with Gasteiger partial charge in [-0.15, -0.1) is 0 Å². The number of anilines is 1. The van der Waals surface area contributed by atoms with Gasteiger partial charge in [-0.3, -0.25) is 4.90 Å². The molecule has 0 heterocycles. The summed E-state index contributed by atoms with van der Waals surface area (Å²) in [7, 11) is 2.21. The first-order valence-corrected chi connectivity index (χ1v) is 6.84. The molecule has 2 rings (SSSR count). The van der Waals surface area contributed by atoms with Crippen LogP contribution in [-0.2, 0) is 0 Å². The van der Waals surface area contributed by atoms with E-state index in [0.717, 1.165) is 23.8 Å². The van der Waals surface area contributed by atoms with Gasteiger partial charge in [0.25, 0.3) is 0 Å². The summed E-state index contributed by atoms with van der Waals surface area (Å²) in [6, 6.07) is 9.32. The summed E-state index contributed by atoms with van der Waals surface area (Å²) in [5.74, 6) is 0. The van der Waals surface area contributed by atoms with Gasteiger partial charge in [0.2, 0.25) is 0 Å². The Kier molecular flexibility index (Phi) is 4.19. The fourth-order valence-corrected chi connectivity index (χ4v) is 2.14. The molecule has 1 aliphatic rings. The molecule has 0 bridgehead atoms. The Morgan fingerprint density at radius 3 is 2.56 bits per heavy atom. The smallest absolute Gasteiger partial charge is 0.103 e. The molecule has 1 aromatic carbocycles. The number of nitrogens with one attached hydrogen (secondary N) is 1. The summed E-state index contributed by atoms with van der Waals surface area (Å²) < 4.78 is 0.